The number of hydrogen-bond acceptors (Lipinski definition) is 9. The largest absolute Gasteiger partial charge is 0.458 e. The number of ketones is 1. The average Bonchev–Trinajstić information content (AvgIpc) is 2.40. The monoisotopic (exact) mass is 358 g/mol. The van der Waals surface area contributed by atoms with Gasteiger partial charge in [0.25, 0.3) is 0 Å². The molecule has 0 aromatic heterocycles. The molecular formula is C16H22O9. The summed E-state index contributed by atoms with van der Waals surface area (Å²) >= 11 is 0. The summed E-state index contributed by atoms with van der Waals surface area (Å²) in [5.74, 6) is -3.28. The lowest BCUT2D eigenvalue weighted by Crippen LogP contribution is -2.60. The summed E-state index contributed by atoms with van der Waals surface area (Å²) in [6.07, 6.45) is -3.78. The molecule has 0 aromatic carbocycles. The molecule has 0 N–H and O–H groups in total. The second-order valence-corrected chi connectivity index (χ2v) is 5.92. The lowest BCUT2D eigenvalue weighted by atomic mass is 9.76. The smallest absolute Gasteiger partial charge is 0.303 e. The summed E-state index contributed by atoms with van der Waals surface area (Å²) in [7, 11) is 0. The van der Waals surface area contributed by atoms with Crippen molar-refractivity contribution in [2.24, 2.45) is 0 Å². The van der Waals surface area contributed by atoms with Crippen LogP contribution >= 0.6 is 0 Å². The van der Waals surface area contributed by atoms with Crippen molar-refractivity contribution in [2.45, 2.75) is 71.4 Å². The number of carbonyl (C=O) groups excluding carboxylic acids is 5. The number of carbonyl (C=O) groups is 5. The highest BCUT2D eigenvalue weighted by Crippen LogP contribution is 2.38. The Kier molecular flexibility index (Phi) is 6.66. The van der Waals surface area contributed by atoms with E-state index in [1.54, 1.807) is 0 Å². The SMILES string of the molecule is CC(=O)O[C@@H]1C[C@](OC(C)=O)(C(C)=O)C[C@@H](OC(C)=O)[C@H]1OC(C)=O. The Labute approximate surface area is 144 Å². The third-order valence-corrected chi connectivity index (χ3v) is 3.71. The summed E-state index contributed by atoms with van der Waals surface area (Å²) in [5.41, 5.74) is -1.65. The summed E-state index contributed by atoms with van der Waals surface area (Å²) in [6.45, 7) is 5.77. The maximum Gasteiger partial charge on any atom is 0.303 e. The normalized spacial score (nSPS) is 28.4. The van der Waals surface area contributed by atoms with Crippen LogP contribution in [0.2, 0.25) is 0 Å². The average molecular weight is 358 g/mol. The highest BCUT2D eigenvalue weighted by atomic mass is 16.6. The van der Waals surface area contributed by atoms with E-state index in [9.17, 15) is 24.0 Å². The van der Waals surface area contributed by atoms with Crippen LogP contribution in [0, 0.1) is 0 Å². The lowest BCUT2D eigenvalue weighted by Gasteiger charge is -2.44. The van der Waals surface area contributed by atoms with Gasteiger partial charge in [-0.1, -0.05) is 0 Å². The van der Waals surface area contributed by atoms with E-state index in [1.165, 1.54) is 6.92 Å². The topological polar surface area (TPSA) is 122 Å². The van der Waals surface area contributed by atoms with Gasteiger partial charge in [0, 0.05) is 40.5 Å². The van der Waals surface area contributed by atoms with E-state index in [4.69, 9.17) is 18.9 Å². The fraction of sp³-hybridized carbons (Fsp3) is 0.688. The molecule has 1 fully saturated rings. The molecule has 25 heavy (non-hydrogen) atoms. The molecule has 0 amide bonds. The highest BCUT2D eigenvalue weighted by molar-refractivity contribution is 5.88. The Morgan fingerprint density at radius 1 is 0.680 bits per heavy atom. The molecular weight excluding hydrogens is 336 g/mol. The van der Waals surface area contributed by atoms with Crippen LogP contribution in [0.4, 0.5) is 0 Å². The molecule has 140 valence electrons. The van der Waals surface area contributed by atoms with Crippen LogP contribution in [0.3, 0.4) is 0 Å². The molecule has 0 bridgehead atoms. The quantitative estimate of drug-likeness (QED) is 0.509. The Hall–Kier alpha value is -2.45. The second-order valence-electron chi connectivity index (χ2n) is 5.92. The van der Waals surface area contributed by atoms with Crippen molar-refractivity contribution in [1.29, 1.82) is 0 Å². The minimum atomic E-state index is -1.65. The van der Waals surface area contributed by atoms with Gasteiger partial charge >= 0.3 is 23.9 Å². The number of hydrogen-bond donors (Lipinski definition) is 0. The first-order valence-corrected chi connectivity index (χ1v) is 7.69. The maximum absolute atomic E-state index is 12.2. The van der Waals surface area contributed by atoms with Gasteiger partial charge in [0.2, 0.25) is 0 Å². The summed E-state index contributed by atoms with van der Waals surface area (Å²) in [6, 6.07) is 0. The molecule has 0 spiro atoms. The first kappa shape index (κ1) is 20.6. The van der Waals surface area contributed by atoms with Crippen molar-refractivity contribution in [1.82, 2.24) is 0 Å². The summed E-state index contributed by atoms with van der Waals surface area (Å²) < 4.78 is 20.7. The zero-order valence-electron chi connectivity index (χ0n) is 14.8. The van der Waals surface area contributed by atoms with Crippen LogP contribution in [0.15, 0.2) is 0 Å². The summed E-state index contributed by atoms with van der Waals surface area (Å²) in [5, 5.41) is 0. The van der Waals surface area contributed by atoms with Gasteiger partial charge in [0.15, 0.2) is 17.5 Å². The third-order valence-electron chi connectivity index (χ3n) is 3.71. The van der Waals surface area contributed by atoms with Crippen molar-refractivity contribution >= 4 is 29.7 Å². The molecule has 1 rings (SSSR count). The fourth-order valence-corrected chi connectivity index (χ4v) is 2.91. The van der Waals surface area contributed by atoms with E-state index in [0.29, 0.717) is 0 Å². The Morgan fingerprint density at radius 2 is 1.08 bits per heavy atom. The molecule has 0 unspecified atom stereocenters. The standard InChI is InChI=1S/C16H22O9/c1-8(17)16(25-12(5)21)6-13(22-9(2)18)15(24-11(4)20)14(7-16)23-10(3)19/h13-15H,6-7H2,1-5H3/t13-,14-,15-,16+/m1/s1. The van der Waals surface area contributed by atoms with Crippen LogP contribution in [-0.2, 0) is 42.9 Å². The van der Waals surface area contributed by atoms with Gasteiger partial charge in [-0.2, -0.15) is 0 Å². The van der Waals surface area contributed by atoms with Crippen LogP contribution in [0.25, 0.3) is 0 Å². The first-order valence-electron chi connectivity index (χ1n) is 7.69. The highest BCUT2D eigenvalue weighted by Gasteiger charge is 2.55. The Bertz CT molecular complexity index is 554. The van der Waals surface area contributed by atoms with E-state index in [0.717, 1.165) is 27.7 Å². The van der Waals surface area contributed by atoms with Crippen LogP contribution in [0.1, 0.15) is 47.5 Å². The van der Waals surface area contributed by atoms with Crippen molar-refractivity contribution < 1.29 is 42.9 Å². The molecule has 9 heteroatoms. The maximum atomic E-state index is 12.2. The number of ether oxygens (including phenoxy) is 4. The Balaban J connectivity index is 3.32. The number of Topliss-reactive ketones (excluding diaryl/α,β-unsaturated/α-hetero) is 1. The van der Waals surface area contributed by atoms with Crippen molar-refractivity contribution in [3.05, 3.63) is 0 Å². The van der Waals surface area contributed by atoms with Gasteiger partial charge in [-0.3, -0.25) is 24.0 Å². The number of rotatable bonds is 5. The predicted molar refractivity (Wildman–Crippen MR) is 81.1 cm³/mol. The van der Waals surface area contributed by atoms with E-state index < -0.39 is 53.6 Å². The van der Waals surface area contributed by atoms with Crippen molar-refractivity contribution in [3.8, 4) is 0 Å². The molecule has 0 aliphatic heterocycles. The summed E-state index contributed by atoms with van der Waals surface area (Å²) in [4.78, 5) is 57.9. The molecule has 9 nitrogen and oxygen atoms in total. The van der Waals surface area contributed by atoms with Crippen molar-refractivity contribution in [2.75, 3.05) is 0 Å². The molecule has 0 aromatic rings. The molecule has 1 saturated carbocycles. The van der Waals surface area contributed by atoms with Gasteiger partial charge in [0.05, 0.1) is 0 Å². The molecule has 0 heterocycles. The first-order chi connectivity index (χ1) is 11.5. The second kappa shape index (κ2) is 8.09. The van der Waals surface area contributed by atoms with Crippen LogP contribution < -0.4 is 0 Å². The zero-order chi connectivity index (χ0) is 19.4. The molecule has 1 aliphatic carbocycles. The van der Waals surface area contributed by atoms with E-state index in [-0.39, 0.29) is 12.8 Å². The molecule has 1 aliphatic rings. The number of esters is 4. The zero-order valence-corrected chi connectivity index (χ0v) is 14.8. The molecule has 0 radical (unpaired) electrons. The van der Waals surface area contributed by atoms with E-state index in [2.05, 4.69) is 0 Å². The fourth-order valence-electron chi connectivity index (χ4n) is 2.91. The molecule has 2 atom stereocenters. The van der Waals surface area contributed by atoms with E-state index >= 15 is 0 Å². The van der Waals surface area contributed by atoms with E-state index in [1.807, 2.05) is 0 Å². The van der Waals surface area contributed by atoms with Gasteiger partial charge in [-0.25, -0.2) is 0 Å². The lowest BCUT2D eigenvalue weighted by molar-refractivity contribution is -0.214. The van der Waals surface area contributed by atoms with Gasteiger partial charge in [0.1, 0.15) is 12.2 Å². The van der Waals surface area contributed by atoms with Crippen molar-refractivity contribution in [3.63, 3.8) is 0 Å². The predicted octanol–water partition coefficient (Wildman–Crippen LogP) is 0.466. The Morgan fingerprint density at radius 3 is 1.36 bits per heavy atom. The minimum absolute atomic E-state index is 0.211. The van der Waals surface area contributed by atoms with Gasteiger partial charge in [-0.15, -0.1) is 0 Å². The molecule has 0 saturated heterocycles. The van der Waals surface area contributed by atoms with Crippen LogP contribution in [-0.4, -0.2) is 53.6 Å². The third kappa shape index (κ3) is 5.54. The van der Waals surface area contributed by atoms with Crippen LogP contribution in [0.5, 0.6) is 0 Å². The van der Waals surface area contributed by atoms with Gasteiger partial charge < -0.3 is 18.9 Å². The van der Waals surface area contributed by atoms with Gasteiger partial charge in [-0.05, 0) is 6.92 Å². The minimum Gasteiger partial charge on any atom is -0.458 e.